The summed E-state index contributed by atoms with van der Waals surface area (Å²) in [5.41, 5.74) is 2.20. The van der Waals surface area contributed by atoms with Crippen molar-refractivity contribution in [3.05, 3.63) is 52.2 Å². The molecule has 98 valence electrons. The number of nitrogens with zero attached hydrogens (tertiary/aromatic N) is 2. The van der Waals surface area contributed by atoms with Gasteiger partial charge in [-0.1, -0.05) is 17.7 Å². The predicted molar refractivity (Wildman–Crippen MR) is 72.9 cm³/mol. The molecule has 5 heteroatoms. The van der Waals surface area contributed by atoms with Crippen LogP contribution in [0, 0.1) is 12.7 Å². The highest BCUT2D eigenvalue weighted by atomic mass is 35.5. The first-order chi connectivity index (χ1) is 9.11. The van der Waals surface area contributed by atoms with Crippen molar-refractivity contribution in [1.29, 1.82) is 0 Å². The maximum atomic E-state index is 13.3. The minimum atomic E-state index is -0.204. The van der Waals surface area contributed by atoms with Gasteiger partial charge in [0, 0.05) is 6.07 Å². The molecule has 0 radical (unpaired) electrons. The minimum Gasteiger partial charge on any atom is -0.363 e. The monoisotopic (exact) mass is 277 g/mol. The lowest BCUT2D eigenvalue weighted by molar-refractivity contribution is 0.623. The third-order valence-electron chi connectivity index (χ3n) is 3.31. The van der Waals surface area contributed by atoms with Gasteiger partial charge in [-0.05, 0) is 43.0 Å². The molecule has 1 atom stereocenters. The van der Waals surface area contributed by atoms with Gasteiger partial charge >= 0.3 is 0 Å². The van der Waals surface area contributed by atoms with Crippen molar-refractivity contribution in [2.24, 2.45) is 0 Å². The lowest BCUT2D eigenvalue weighted by Gasteiger charge is -2.15. The van der Waals surface area contributed by atoms with Crippen molar-refractivity contribution in [2.75, 3.05) is 5.32 Å². The quantitative estimate of drug-likeness (QED) is 0.851. The van der Waals surface area contributed by atoms with E-state index < -0.39 is 0 Å². The average molecular weight is 278 g/mol. The van der Waals surface area contributed by atoms with Crippen LogP contribution in [0.5, 0.6) is 0 Å². The van der Waals surface area contributed by atoms with Crippen LogP contribution in [-0.2, 0) is 6.42 Å². The third kappa shape index (κ3) is 2.54. The fourth-order valence-electron chi connectivity index (χ4n) is 2.51. The van der Waals surface area contributed by atoms with Gasteiger partial charge in [0.2, 0.25) is 0 Å². The van der Waals surface area contributed by atoms with Crippen LogP contribution in [0.3, 0.4) is 0 Å². The first kappa shape index (κ1) is 12.4. The number of nitrogens with one attached hydrogen (secondary N) is 1. The number of halogens is 2. The Balaban J connectivity index is 1.88. The van der Waals surface area contributed by atoms with Crippen molar-refractivity contribution < 1.29 is 4.39 Å². The van der Waals surface area contributed by atoms with E-state index >= 15 is 0 Å². The molecule has 0 fully saturated rings. The van der Waals surface area contributed by atoms with Crippen LogP contribution in [0.15, 0.2) is 24.3 Å². The largest absolute Gasteiger partial charge is 0.363 e. The van der Waals surface area contributed by atoms with Crippen molar-refractivity contribution in [3.8, 4) is 0 Å². The van der Waals surface area contributed by atoms with E-state index in [0.29, 0.717) is 16.8 Å². The Hall–Kier alpha value is -1.68. The Morgan fingerprint density at radius 3 is 2.95 bits per heavy atom. The van der Waals surface area contributed by atoms with Crippen LogP contribution in [-0.4, -0.2) is 9.97 Å². The van der Waals surface area contributed by atoms with Crippen LogP contribution in [0.4, 0.5) is 10.2 Å². The summed E-state index contributed by atoms with van der Waals surface area (Å²) in [5, 5.41) is 3.71. The second kappa shape index (κ2) is 4.78. The molecule has 2 aromatic rings. The van der Waals surface area contributed by atoms with E-state index in [4.69, 9.17) is 11.6 Å². The van der Waals surface area contributed by atoms with E-state index in [1.165, 1.54) is 11.6 Å². The van der Waals surface area contributed by atoms with Gasteiger partial charge in [0.25, 0.3) is 0 Å². The summed E-state index contributed by atoms with van der Waals surface area (Å²) in [6.45, 7) is 1.79. The molecule has 3 nitrogen and oxygen atoms in total. The Kier molecular flexibility index (Phi) is 3.11. The van der Waals surface area contributed by atoms with E-state index in [0.717, 1.165) is 18.4 Å². The molecule has 1 aromatic heterocycles. The highest BCUT2D eigenvalue weighted by molar-refractivity contribution is 6.29. The number of aromatic nitrogens is 2. The zero-order chi connectivity index (χ0) is 13.4. The highest BCUT2D eigenvalue weighted by Crippen LogP contribution is 2.34. The Morgan fingerprint density at radius 1 is 1.32 bits per heavy atom. The van der Waals surface area contributed by atoms with Gasteiger partial charge in [-0.3, -0.25) is 0 Å². The average Bonchev–Trinajstić information content (AvgIpc) is 2.70. The van der Waals surface area contributed by atoms with Gasteiger partial charge in [0.1, 0.15) is 22.6 Å². The summed E-state index contributed by atoms with van der Waals surface area (Å²) in [6, 6.07) is 6.72. The molecule has 1 aliphatic rings. The molecule has 0 saturated carbocycles. The molecule has 1 aromatic carbocycles. The zero-order valence-electron chi connectivity index (χ0n) is 10.5. The molecule has 1 aliphatic carbocycles. The van der Waals surface area contributed by atoms with E-state index in [-0.39, 0.29) is 11.9 Å². The fraction of sp³-hybridized carbons (Fsp3) is 0.286. The maximum absolute atomic E-state index is 13.3. The Bertz CT molecular complexity index is 610. The van der Waals surface area contributed by atoms with Gasteiger partial charge in [0.15, 0.2) is 0 Å². The molecule has 1 heterocycles. The van der Waals surface area contributed by atoms with E-state index in [9.17, 15) is 4.39 Å². The van der Waals surface area contributed by atoms with Gasteiger partial charge in [0.05, 0.1) is 6.04 Å². The Labute approximate surface area is 115 Å². The van der Waals surface area contributed by atoms with Gasteiger partial charge in [-0.2, -0.15) is 0 Å². The number of hydrogen-bond acceptors (Lipinski definition) is 3. The summed E-state index contributed by atoms with van der Waals surface area (Å²) in [6.07, 6.45) is 1.88. The lowest BCUT2D eigenvalue weighted by Crippen LogP contribution is -2.09. The molecule has 1 unspecified atom stereocenters. The smallest absolute Gasteiger partial charge is 0.134 e. The SMILES string of the molecule is Cc1nc(Cl)cc(NC2CCc3ccc(F)cc32)n1. The van der Waals surface area contributed by atoms with E-state index in [1.807, 2.05) is 6.07 Å². The third-order valence-corrected chi connectivity index (χ3v) is 3.51. The maximum Gasteiger partial charge on any atom is 0.134 e. The van der Waals surface area contributed by atoms with Crippen LogP contribution in [0.1, 0.15) is 29.4 Å². The van der Waals surface area contributed by atoms with Crippen molar-refractivity contribution in [2.45, 2.75) is 25.8 Å². The molecule has 0 amide bonds. The van der Waals surface area contributed by atoms with Crippen molar-refractivity contribution >= 4 is 17.4 Å². The van der Waals surface area contributed by atoms with Gasteiger partial charge < -0.3 is 5.32 Å². The molecular formula is C14H13ClFN3. The molecule has 19 heavy (non-hydrogen) atoms. The van der Waals surface area contributed by atoms with Crippen LogP contribution >= 0.6 is 11.6 Å². The summed E-state index contributed by atoms with van der Waals surface area (Å²) in [4.78, 5) is 8.31. The zero-order valence-corrected chi connectivity index (χ0v) is 11.2. The van der Waals surface area contributed by atoms with Crippen molar-refractivity contribution in [1.82, 2.24) is 9.97 Å². The molecule has 0 aliphatic heterocycles. The first-order valence-corrected chi connectivity index (χ1v) is 6.55. The molecule has 1 N–H and O–H groups in total. The second-order valence-corrected chi connectivity index (χ2v) is 5.09. The lowest BCUT2D eigenvalue weighted by atomic mass is 10.1. The van der Waals surface area contributed by atoms with Crippen LogP contribution < -0.4 is 5.32 Å². The summed E-state index contributed by atoms with van der Waals surface area (Å²) >= 11 is 5.91. The van der Waals surface area contributed by atoms with E-state index in [2.05, 4.69) is 15.3 Å². The number of aryl methyl sites for hydroxylation is 2. The van der Waals surface area contributed by atoms with Gasteiger partial charge in [-0.25, -0.2) is 14.4 Å². The number of anilines is 1. The summed E-state index contributed by atoms with van der Waals surface area (Å²) in [7, 11) is 0. The second-order valence-electron chi connectivity index (χ2n) is 4.70. The molecule has 3 rings (SSSR count). The highest BCUT2D eigenvalue weighted by Gasteiger charge is 2.23. The van der Waals surface area contributed by atoms with E-state index in [1.54, 1.807) is 19.1 Å². The summed E-state index contributed by atoms with van der Waals surface area (Å²) < 4.78 is 13.3. The number of benzene rings is 1. The normalized spacial score (nSPS) is 17.3. The predicted octanol–water partition coefficient (Wildman–Crippen LogP) is 3.68. The molecule has 0 spiro atoms. The van der Waals surface area contributed by atoms with Crippen molar-refractivity contribution in [3.63, 3.8) is 0 Å². The molecular weight excluding hydrogens is 265 g/mol. The van der Waals surface area contributed by atoms with Crippen LogP contribution in [0.25, 0.3) is 0 Å². The summed E-state index contributed by atoms with van der Waals surface area (Å²) in [5.74, 6) is 1.09. The number of hydrogen-bond donors (Lipinski definition) is 1. The Morgan fingerprint density at radius 2 is 2.16 bits per heavy atom. The van der Waals surface area contributed by atoms with Gasteiger partial charge in [-0.15, -0.1) is 0 Å². The topological polar surface area (TPSA) is 37.8 Å². The number of fused-ring (bicyclic) bond motifs is 1. The first-order valence-electron chi connectivity index (χ1n) is 6.18. The molecule has 0 saturated heterocycles. The standard InChI is InChI=1S/C14H13ClFN3/c1-8-17-13(15)7-14(18-8)19-12-5-3-9-2-4-10(16)6-11(9)12/h2,4,6-7,12H,3,5H2,1H3,(H,17,18,19). The fourth-order valence-corrected chi connectivity index (χ4v) is 2.73. The van der Waals surface area contributed by atoms with Crippen LogP contribution in [0.2, 0.25) is 5.15 Å². The molecule has 0 bridgehead atoms. The number of rotatable bonds is 2. The minimum absolute atomic E-state index is 0.0797.